The molecule has 1 aliphatic rings. The molecule has 0 bridgehead atoms. The predicted octanol–water partition coefficient (Wildman–Crippen LogP) is 3.07. The fraction of sp³-hybridized carbons (Fsp3) is 0.600. The van der Waals surface area contributed by atoms with Gasteiger partial charge in [-0.3, -0.25) is 9.80 Å². The summed E-state index contributed by atoms with van der Waals surface area (Å²) in [6.07, 6.45) is 1.25. The monoisotopic (exact) mass is 326 g/mol. The molecule has 3 nitrogen and oxygen atoms in total. The summed E-state index contributed by atoms with van der Waals surface area (Å²) in [5, 5.41) is 9.58. The molecule has 0 radical (unpaired) electrons. The lowest BCUT2D eigenvalue weighted by atomic mass is 10.2. The maximum atomic E-state index is 9.58. The van der Waals surface area contributed by atoms with Gasteiger partial charge >= 0.3 is 0 Å². The van der Waals surface area contributed by atoms with Crippen molar-refractivity contribution in [2.24, 2.45) is 0 Å². The molecule has 1 saturated heterocycles. The van der Waals surface area contributed by atoms with Gasteiger partial charge in [0.1, 0.15) is 5.75 Å². The van der Waals surface area contributed by atoms with Crippen LogP contribution in [0.3, 0.4) is 0 Å². The first-order valence-electron chi connectivity index (χ1n) is 7.07. The minimum Gasteiger partial charge on any atom is -0.508 e. The highest BCUT2D eigenvalue weighted by atomic mass is 79.9. The fourth-order valence-electron chi connectivity index (χ4n) is 2.92. The standard InChI is InChI=1S/C15H23BrN2O/c1-3-18(4-2)13-7-8-17(11-13)10-12-9-14(19)5-6-15(12)16/h5-6,9,13,19H,3-4,7-8,10-11H2,1-2H3. The third kappa shape index (κ3) is 3.71. The largest absolute Gasteiger partial charge is 0.508 e. The normalized spacial score (nSPS) is 20.3. The van der Waals surface area contributed by atoms with Crippen LogP contribution in [0.15, 0.2) is 22.7 Å². The number of hydrogen-bond acceptors (Lipinski definition) is 3. The van der Waals surface area contributed by atoms with Gasteiger partial charge < -0.3 is 5.11 Å². The molecule has 2 rings (SSSR count). The second kappa shape index (κ2) is 6.73. The Kier molecular flexibility index (Phi) is 5.25. The molecule has 1 fully saturated rings. The highest BCUT2D eigenvalue weighted by Gasteiger charge is 2.26. The van der Waals surface area contributed by atoms with Gasteiger partial charge in [-0.15, -0.1) is 0 Å². The van der Waals surface area contributed by atoms with Gasteiger partial charge in [0, 0.05) is 30.1 Å². The summed E-state index contributed by atoms with van der Waals surface area (Å²) in [7, 11) is 0. The first-order valence-corrected chi connectivity index (χ1v) is 7.87. The summed E-state index contributed by atoms with van der Waals surface area (Å²) in [5.41, 5.74) is 1.17. The van der Waals surface area contributed by atoms with Crippen LogP contribution in [0.4, 0.5) is 0 Å². The van der Waals surface area contributed by atoms with Gasteiger partial charge in [-0.1, -0.05) is 29.8 Å². The number of phenols is 1. The molecule has 1 unspecified atom stereocenters. The van der Waals surface area contributed by atoms with Gasteiger partial charge in [0.25, 0.3) is 0 Å². The van der Waals surface area contributed by atoms with E-state index in [0.29, 0.717) is 11.8 Å². The van der Waals surface area contributed by atoms with Gasteiger partial charge in [0.15, 0.2) is 0 Å². The van der Waals surface area contributed by atoms with Gasteiger partial charge in [-0.25, -0.2) is 0 Å². The third-order valence-electron chi connectivity index (χ3n) is 4.00. The zero-order valence-corrected chi connectivity index (χ0v) is 13.4. The molecule has 4 heteroatoms. The number of aromatic hydroxyl groups is 1. The minimum atomic E-state index is 0.345. The zero-order valence-electron chi connectivity index (χ0n) is 11.8. The number of halogens is 1. The Morgan fingerprint density at radius 2 is 2.11 bits per heavy atom. The fourth-order valence-corrected chi connectivity index (χ4v) is 3.29. The molecule has 0 aliphatic carbocycles. The molecular formula is C15H23BrN2O. The number of nitrogens with zero attached hydrogens (tertiary/aromatic N) is 2. The molecule has 0 spiro atoms. The van der Waals surface area contributed by atoms with Crippen LogP contribution in [-0.4, -0.2) is 47.1 Å². The molecular weight excluding hydrogens is 304 g/mol. The van der Waals surface area contributed by atoms with Crippen LogP contribution in [0.1, 0.15) is 25.8 Å². The quantitative estimate of drug-likeness (QED) is 0.900. The van der Waals surface area contributed by atoms with E-state index in [1.54, 1.807) is 6.07 Å². The first kappa shape index (κ1) is 14.8. The van der Waals surface area contributed by atoms with E-state index in [-0.39, 0.29) is 0 Å². The predicted molar refractivity (Wildman–Crippen MR) is 82.4 cm³/mol. The van der Waals surface area contributed by atoms with Crippen molar-refractivity contribution < 1.29 is 5.11 Å². The van der Waals surface area contributed by atoms with Gasteiger partial charge in [0.2, 0.25) is 0 Å². The van der Waals surface area contributed by atoms with Gasteiger partial charge in [-0.05, 0) is 43.3 Å². The van der Waals surface area contributed by atoms with Gasteiger partial charge in [0.05, 0.1) is 0 Å². The second-order valence-electron chi connectivity index (χ2n) is 5.17. The van der Waals surface area contributed by atoms with Crippen LogP contribution in [0, 0.1) is 0 Å². The van der Waals surface area contributed by atoms with Crippen LogP contribution in [0.2, 0.25) is 0 Å². The minimum absolute atomic E-state index is 0.345. The summed E-state index contributed by atoms with van der Waals surface area (Å²) in [5.74, 6) is 0.345. The Morgan fingerprint density at radius 1 is 1.37 bits per heavy atom. The van der Waals surface area contributed by atoms with E-state index >= 15 is 0 Å². The number of likely N-dealkylation sites (tertiary alicyclic amines) is 1. The number of phenolic OH excluding ortho intramolecular Hbond substituents is 1. The molecule has 106 valence electrons. The Bertz CT molecular complexity index is 421. The van der Waals surface area contributed by atoms with Crippen LogP contribution >= 0.6 is 15.9 Å². The zero-order chi connectivity index (χ0) is 13.8. The van der Waals surface area contributed by atoms with Crippen molar-refractivity contribution in [2.75, 3.05) is 26.2 Å². The molecule has 0 saturated carbocycles. The van der Waals surface area contributed by atoms with Crippen molar-refractivity contribution in [3.63, 3.8) is 0 Å². The summed E-state index contributed by atoms with van der Waals surface area (Å²) < 4.78 is 1.08. The lowest BCUT2D eigenvalue weighted by molar-refractivity contribution is 0.209. The van der Waals surface area contributed by atoms with Crippen molar-refractivity contribution >= 4 is 15.9 Å². The molecule has 1 atom stereocenters. The Labute approximate surface area is 124 Å². The second-order valence-corrected chi connectivity index (χ2v) is 6.03. The van der Waals surface area contributed by atoms with Crippen molar-refractivity contribution in [1.82, 2.24) is 9.80 Å². The number of rotatable bonds is 5. The first-order chi connectivity index (χ1) is 9.13. The van der Waals surface area contributed by atoms with E-state index in [4.69, 9.17) is 0 Å². The summed E-state index contributed by atoms with van der Waals surface area (Å²) in [4.78, 5) is 5.01. The molecule has 1 aromatic rings. The van der Waals surface area contributed by atoms with Crippen molar-refractivity contribution in [1.29, 1.82) is 0 Å². The van der Waals surface area contributed by atoms with Crippen LogP contribution in [0.5, 0.6) is 5.75 Å². The van der Waals surface area contributed by atoms with E-state index in [1.165, 1.54) is 12.0 Å². The molecule has 0 amide bonds. The van der Waals surface area contributed by atoms with E-state index in [1.807, 2.05) is 12.1 Å². The number of likely N-dealkylation sites (N-methyl/N-ethyl adjacent to an activating group) is 1. The molecule has 1 aromatic carbocycles. The van der Waals surface area contributed by atoms with Crippen LogP contribution in [-0.2, 0) is 6.54 Å². The molecule has 0 aromatic heterocycles. The number of benzene rings is 1. The van der Waals surface area contributed by atoms with Crippen LogP contribution < -0.4 is 0 Å². The van der Waals surface area contributed by atoms with Crippen molar-refractivity contribution in [3.05, 3.63) is 28.2 Å². The lowest BCUT2D eigenvalue weighted by Gasteiger charge is -2.26. The van der Waals surface area contributed by atoms with Crippen molar-refractivity contribution in [2.45, 2.75) is 32.9 Å². The average molecular weight is 327 g/mol. The Balaban J connectivity index is 1.96. The highest BCUT2D eigenvalue weighted by molar-refractivity contribution is 9.10. The van der Waals surface area contributed by atoms with Crippen LogP contribution in [0.25, 0.3) is 0 Å². The summed E-state index contributed by atoms with van der Waals surface area (Å²) in [6, 6.07) is 6.18. The maximum Gasteiger partial charge on any atom is 0.115 e. The lowest BCUT2D eigenvalue weighted by Crippen LogP contribution is -2.37. The topological polar surface area (TPSA) is 26.7 Å². The Hall–Kier alpha value is -0.580. The average Bonchev–Trinajstić information content (AvgIpc) is 2.84. The summed E-state index contributed by atoms with van der Waals surface area (Å²) >= 11 is 3.56. The van der Waals surface area contributed by atoms with E-state index in [2.05, 4.69) is 39.6 Å². The van der Waals surface area contributed by atoms with E-state index in [9.17, 15) is 5.11 Å². The smallest absolute Gasteiger partial charge is 0.115 e. The molecule has 1 aliphatic heterocycles. The molecule has 1 N–H and O–H groups in total. The van der Waals surface area contributed by atoms with E-state index in [0.717, 1.165) is 37.2 Å². The third-order valence-corrected chi connectivity index (χ3v) is 4.77. The summed E-state index contributed by atoms with van der Waals surface area (Å²) in [6.45, 7) is 9.91. The molecule has 19 heavy (non-hydrogen) atoms. The van der Waals surface area contributed by atoms with Gasteiger partial charge in [-0.2, -0.15) is 0 Å². The SMILES string of the molecule is CCN(CC)C1CCN(Cc2cc(O)ccc2Br)C1. The molecule has 1 heterocycles. The van der Waals surface area contributed by atoms with E-state index < -0.39 is 0 Å². The highest BCUT2D eigenvalue weighted by Crippen LogP contribution is 2.25. The maximum absolute atomic E-state index is 9.58. The van der Waals surface area contributed by atoms with Crippen molar-refractivity contribution in [3.8, 4) is 5.75 Å². The Morgan fingerprint density at radius 3 is 2.79 bits per heavy atom. The number of hydrogen-bond donors (Lipinski definition) is 1.